The molecule has 1 aromatic carbocycles. The molecule has 0 unspecified atom stereocenters. The molecule has 0 aliphatic carbocycles. The van der Waals surface area contributed by atoms with Crippen LogP contribution < -0.4 is 16.8 Å². The van der Waals surface area contributed by atoms with Crippen molar-refractivity contribution in [1.82, 2.24) is 19.7 Å². The lowest BCUT2D eigenvalue weighted by molar-refractivity contribution is -0.117. The van der Waals surface area contributed by atoms with Crippen LogP contribution in [0.2, 0.25) is 5.02 Å². The van der Waals surface area contributed by atoms with E-state index in [1.165, 1.54) is 9.58 Å². The molecule has 0 radical (unpaired) electrons. The number of halogens is 1. The lowest BCUT2D eigenvalue weighted by atomic mass is 9.93. The summed E-state index contributed by atoms with van der Waals surface area (Å²) in [4.78, 5) is 31.5. The minimum atomic E-state index is -0.326. The topological polar surface area (TPSA) is 132 Å². The molecule has 5 N–H and O–H groups in total. The molecule has 3 aromatic rings. The first-order chi connectivity index (χ1) is 14.8. The molecule has 2 amide bonds. The summed E-state index contributed by atoms with van der Waals surface area (Å²) in [6.07, 6.45) is 1.58. The average molecular weight is 440 g/mol. The Morgan fingerprint density at radius 2 is 2.10 bits per heavy atom. The molecule has 9 nitrogen and oxygen atoms in total. The Labute approximate surface area is 184 Å². The van der Waals surface area contributed by atoms with Crippen molar-refractivity contribution in [2.75, 3.05) is 17.6 Å². The monoisotopic (exact) mass is 439 g/mol. The number of aryl methyl sites for hydroxylation is 2. The van der Waals surface area contributed by atoms with Crippen molar-refractivity contribution in [1.29, 1.82) is 0 Å². The van der Waals surface area contributed by atoms with Crippen LogP contribution in [0.3, 0.4) is 0 Å². The van der Waals surface area contributed by atoms with Gasteiger partial charge in [0.1, 0.15) is 18.1 Å². The maximum atomic E-state index is 13.1. The van der Waals surface area contributed by atoms with E-state index in [1.807, 2.05) is 13.0 Å². The molecule has 2 aromatic heterocycles. The van der Waals surface area contributed by atoms with Crippen molar-refractivity contribution in [3.05, 3.63) is 58.0 Å². The van der Waals surface area contributed by atoms with Crippen molar-refractivity contribution in [3.63, 3.8) is 0 Å². The zero-order valence-corrected chi connectivity index (χ0v) is 17.9. The molecule has 10 heteroatoms. The summed E-state index contributed by atoms with van der Waals surface area (Å²) in [5.41, 5.74) is 16.4. The fraction of sp³-hybridized carbons (Fsp3) is 0.238. The second-order valence-corrected chi connectivity index (χ2v) is 7.78. The third kappa shape index (κ3) is 3.73. The van der Waals surface area contributed by atoms with E-state index in [2.05, 4.69) is 15.4 Å². The Hall–Kier alpha value is -3.43. The highest BCUT2D eigenvalue weighted by molar-refractivity contribution is 6.33. The number of aromatic nitrogens is 3. The van der Waals surface area contributed by atoms with E-state index in [4.69, 9.17) is 23.1 Å². The molecule has 0 spiro atoms. The standard InChI is InChI=1S/C21H22ClN7O2/c1-11-14(8-23)19(13-4-3-12(24)7-16(13)22)15-9-29(21(31)20(15)26-11)10-18(30)27-17-5-6-25-28(17)2/h3-7H,8-10,23-24H2,1-2H3,(H,27,30). The average Bonchev–Trinajstić information content (AvgIpc) is 3.25. The van der Waals surface area contributed by atoms with Crippen molar-refractivity contribution in [3.8, 4) is 11.1 Å². The third-order valence-electron chi connectivity index (χ3n) is 5.33. The van der Waals surface area contributed by atoms with E-state index in [1.54, 1.807) is 31.4 Å². The largest absolute Gasteiger partial charge is 0.399 e. The number of hydrogen-bond acceptors (Lipinski definition) is 6. The summed E-state index contributed by atoms with van der Waals surface area (Å²) >= 11 is 6.49. The lowest BCUT2D eigenvalue weighted by Gasteiger charge is -2.17. The van der Waals surface area contributed by atoms with E-state index in [0.717, 1.165) is 16.7 Å². The van der Waals surface area contributed by atoms with Crippen LogP contribution in [0.25, 0.3) is 11.1 Å². The predicted octanol–water partition coefficient (Wildman–Crippen LogP) is 2.08. The normalized spacial score (nSPS) is 12.9. The molecule has 3 heterocycles. The highest BCUT2D eigenvalue weighted by Crippen LogP contribution is 2.39. The third-order valence-corrected chi connectivity index (χ3v) is 5.65. The second kappa shape index (κ2) is 8.01. The van der Waals surface area contributed by atoms with E-state index in [0.29, 0.717) is 33.5 Å². The van der Waals surface area contributed by atoms with Gasteiger partial charge in [0.05, 0.1) is 11.2 Å². The molecule has 0 saturated heterocycles. The Morgan fingerprint density at radius 1 is 1.32 bits per heavy atom. The number of anilines is 2. The van der Waals surface area contributed by atoms with Crippen molar-refractivity contribution in [2.45, 2.75) is 20.0 Å². The van der Waals surface area contributed by atoms with Gasteiger partial charge in [-0.25, -0.2) is 4.98 Å². The van der Waals surface area contributed by atoms with Gasteiger partial charge in [-0.3, -0.25) is 14.3 Å². The Balaban J connectivity index is 1.70. The van der Waals surface area contributed by atoms with Gasteiger partial charge in [-0.15, -0.1) is 0 Å². The molecule has 0 bridgehead atoms. The number of nitrogens with one attached hydrogen (secondary N) is 1. The SMILES string of the molecule is Cc1nc2c(c(-c3ccc(N)cc3Cl)c1CN)CN(CC(=O)Nc1ccnn1C)C2=O. The van der Waals surface area contributed by atoms with Gasteiger partial charge in [0.15, 0.2) is 0 Å². The number of pyridine rings is 1. The van der Waals surface area contributed by atoms with Gasteiger partial charge < -0.3 is 21.7 Å². The number of carbonyl (C=O) groups excluding carboxylic acids is 2. The van der Waals surface area contributed by atoms with Gasteiger partial charge >= 0.3 is 0 Å². The van der Waals surface area contributed by atoms with Gasteiger partial charge in [-0.05, 0) is 30.2 Å². The first kappa shape index (κ1) is 20.8. The van der Waals surface area contributed by atoms with Crippen LogP contribution in [0, 0.1) is 6.92 Å². The number of nitrogens with zero attached hydrogens (tertiary/aromatic N) is 4. The number of nitrogen functional groups attached to an aromatic ring is 1. The quantitative estimate of drug-likeness (QED) is 0.521. The summed E-state index contributed by atoms with van der Waals surface area (Å²) < 4.78 is 1.54. The van der Waals surface area contributed by atoms with Gasteiger partial charge in [0.2, 0.25) is 5.91 Å². The summed E-state index contributed by atoms with van der Waals surface area (Å²) in [5.74, 6) is -0.0925. The van der Waals surface area contributed by atoms with E-state index in [9.17, 15) is 9.59 Å². The van der Waals surface area contributed by atoms with Crippen molar-refractivity contribution in [2.24, 2.45) is 12.8 Å². The van der Waals surface area contributed by atoms with Crippen molar-refractivity contribution < 1.29 is 9.59 Å². The summed E-state index contributed by atoms with van der Waals surface area (Å²) in [5, 5.41) is 7.23. The van der Waals surface area contributed by atoms with Crippen LogP contribution in [0.4, 0.5) is 11.5 Å². The number of rotatable bonds is 5. The van der Waals surface area contributed by atoms with Gasteiger partial charge in [-0.2, -0.15) is 5.10 Å². The van der Waals surface area contributed by atoms with Gasteiger partial charge in [0.25, 0.3) is 5.91 Å². The lowest BCUT2D eigenvalue weighted by Crippen LogP contribution is -2.34. The molecular weight excluding hydrogens is 418 g/mol. The second-order valence-electron chi connectivity index (χ2n) is 7.37. The number of hydrogen-bond donors (Lipinski definition) is 3. The Bertz CT molecular complexity index is 1200. The highest BCUT2D eigenvalue weighted by atomic mass is 35.5. The molecule has 160 valence electrons. The van der Waals surface area contributed by atoms with E-state index in [-0.39, 0.29) is 31.4 Å². The van der Waals surface area contributed by atoms with Crippen LogP contribution in [0.15, 0.2) is 30.5 Å². The fourth-order valence-corrected chi connectivity index (χ4v) is 4.10. The maximum absolute atomic E-state index is 13.1. The van der Waals surface area contributed by atoms with Crippen LogP contribution in [0.1, 0.15) is 27.3 Å². The summed E-state index contributed by atoms with van der Waals surface area (Å²) in [6.45, 7) is 2.15. The minimum absolute atomic E-state index is 0.119. The van der Waals surface area contributed by atoms with Crippen molar-refractivity contribution >= 4 is 34.9 Å². The Morgan fingerprint density at radius 3 is 2.74 bits per heavy atom. The molecule has 31 heavy (non-hydrogen) atoms. The van der Waals surface area contributed by atoms with E-state index >= 15 is 0 Å². The first-order valence-corrected chi connectivity index (χ1v) is 10.0. The number of benzene rings is 1. The number of fused-ring (bicyclic) bond motifs is 1. The summed E-state index contributed by atoms with van der Waals surface area (Å²) in [6, 6.07) is 6.90. The molecule has 1 aliphatic rings. The zero-order chi connectivity index (χ0) is 22.3. The van der Waals surface area contributed by atoms with E-state index < -0.39 is 0 Å². The Kier molecular flexibility index (Phi) is 5.38. The van der Waals surface area contributed by atoms with Crippen LogP contribution in [-0.4, -0.2) is 38.0 Å². The first-order valence-electron chi connectivity index (χ1n) is 9.65. The molecular formula is C21H22ClN7O2. The maximum Gasteiger partial charge on any atom is 0.273 e. The highest BCUT2D eigenvalue weighted by Gasteiger charge is 2.34. The molecule has 0 saturated carbocycles. The molecule has 0 atom stereocenters. The van der Waals surface area contributed by atoms with Crippen LogP contribution in [-0.2, 0) is 24.9 Å². The molecule has 4 rings (SSSR count). The zero-order valence-electron chi connectivity index (χ0n) is 17.1. The smallest absolute Gasteiger partial charge is 0.273 e. The number of carbonyl (C=O) groups is 2. The fourth-order valence-electron chi connectivity index (χ4n) is 3.82. The summed E-state index contributed by atoms with van der Waals surface area (Å²) in [7, 11) is 1.72. The minimum Gasteiger partial charge on any atom is -0.399 e. The molecule has 0 fully saturated rings. The number of nitrogens with two attached hydrogens (primary N) is 2. The van der Waals surface area contributed by atoms with Crippen LogP contribution in [0.5, 0.6) is 0 Å². The van der Waals surface area contributed by atoms with Crippen LogP contribution >= 0.6 is 11.6 Å². The molecule has 1 aliphatic heterocycles. The van der Waals surface area contributed by atoms with Gasteiger partial charge in [-0.1, -0.05) is 17.7 Å². The van der Waals surface area contributed by atoms with Gasteiger partial charge in [0, 0.05) is 48.7 Å². The predicted molar refractivity (Wildman–Crippen MR) is 118 cm³/mol. The number of amides is 2.